The number of carbonyl (C=O) groups is 2. The molecule has 25 heavy (non-hydrogen) atoms. The third-order valence-electron chi connectivity index (χ3n) is 4.74. The molecule has 1 aromatic rings. The topological polar surface area (TPSA) is 58.3 Å². The molecule has 6 nitrogen and oxygen atoms in total. The second-order valence-electron chi connectivity index (χ2n) is 6.94. The Balaban J connectivity index is 1.68. The van der Waals surface area contributed by atoms with E-state index in [0.29, 0.717) is 13.1 Å². The van der Waals surface area contributed by atoms with Crippen molar-refractivity contribution in [1.82, 2.24) is 10.2 Å². The molecule has 1 heterocycles. The van der Waals surface area contributed by atoms with E-state index in [9.17, 15) is 9.59 Å². The van der Waals surface area contributed by atoms with Crippen LogP contribution in [0.4, 0.5) is 0 Å². The first-order chi connectivity index (χ1) is 12.1. The zero-order valence-electron chi connectivity index (χ0n) is 15.5. The minimum Gasteiger partial charge on any atom is -0.355 e. The molecule has 2 rings (SSSR count). The number of benzene rings is 1. The van der Waals surface area contributed by atoms with Crippen molar-refractivity contribution in [2.24, 2.45) is 0 Å². The molecule has 1 aliphatic rings. The Kier molecular flexibility index (Phi) is 7.88. The molecular weight excluding hydrogens is 316 g/mol. The predicted molar refractivity (Wildman–Crippen MR) is 97.3 cm³/mol. The van der Waals surface area contributed by atoms with Gasteiger partial charge >= 0.3 is 0 Å². The van der Waals surface area contributed by atoms with Crippen molar-refractivity contribution in [2.75, 3.05) is 52.9 Å². The van der Waals surface area contributed by atoms with Crippen LogP contribution in [0, 0.1) is 0 Å². The highest BCUT2D eigenvalue weighted by Gasteiger charge is 2.26. The standard InChI is InChI=1S/C19H30N4O2/c1-3-9-20-18(24)15-21(2)19(25)16-23-12-10-22(11-13-23)14-17-7-5-4-6-8-17/h4-8H,3,9-16H2,1-2H3,(H,20,24)/p+2. The molecule has 1 saturated heterocycles. The Bertz CT molecular complexity index is 542. The first-order valence-corrected chi connectivity index (χ1v) is 9.30. The Morgan fingerprint density at radius 3 is 2.36 bits per heavy atom. The van der Waals surface area contributed by atoms with E-state index in [-0.39, 0.29) is 18.4 Å². The van der Waals surface area contributed by atoms with E-state index < -0.39 is 0 Å². The van der Waals surface area contributed by atoms with Crippen LogP contribution in [0.15, 0.2) is 30.3 Å². The fraction of sp³-hybridized carbons (Fsp3) is 0.579. The number of hydrogen-bond acceptors (Lipinski definition) is 2. The summed E-state index contributed by atoms with van der Waals surface area (Å²) in [6, 6.07) is 10.6. The molecule has 6 heteroatoms. The molecule has 2 amide bonds. The molecule has 0 bridgehead atoms. The molecule has 0 aromatic heterocycles. The van der Waals surface area contributed by atoms with Crippen molar-refractivity contribution in [2.45, 2.75) is 19.9 Å². The van der Waals surface area contributed by atoms with Crippen LogP contribution in [0.2, 0.25) is 0 Å². The van der Waals surface area contributed by atoms with Crippen molar-refractivity contribution >= 4 is 11.8 Å². The lowest BCUT2D eigenvalue weighted by molar-refractivity contribution is -1.02. The number of hydrogen-bond donors (Lipinski definition) is 3. The van der Waals surface area contributed by atoms with Crippen LogP contribution in [-0.2, 0) is 16.1 Å². The van der Waals surface area contributed by atoms with Crippen LogP contribution in [0.25, 0.3) is 0 Å². The van der Waals surface area contributed by atoms with Crippen LogP contribution in [0.5, 0.6) is 0 Å². The van der Waals surface area contributed by atoms with Gasteiger partial charge in [0.15, 0.2) is 6.54 Å². The first-order valence-electron chi connectivity index (χ1n) is 9.30. The zero-order valence-corrected chi connectivity index (χ0v) is 15.5. The highest BCUT2D eigenvalue weighted by molar-refractivity contribution is 5.84. The zero-order chi connectivity index (χ0) is 18.1. The Morgan fingerprint density at radius 2 is 1.72 bits per heavy atom. The molecule has 1 aromatic carbocycles. The first kappa shape index (κ1) is 19.4. The van der Waals surface area contributed by atoms with Gasteiger partial charge in [0.2, 0.25) is 5.91 Å². The molecule has 0 atom stereocenters. The summed E-state index contributed by atoms with van der Waals surface area (Å²) in [6.45, 7) is 8.54. The minimum atomic E-state index is -0.0789. The monoisotopic (exact) mass is 348 g/mol. The Morgan fingerprint density at radius 1 is 1.08 bits per heavy atom. The van der Waals surface area contributed by atoms with Gasteiger partial charge in [-0.2, -0.15) is 0 Å². The average Bonchev–Trinajstić information content (AvgIpc) is 2.62. The van der Waals surface area contributed by atoms with Gasteiger partial charge in [-0.3, -0.25) is 9.59 Å². The van der Waals surface area contributed by atoms with Gasteiger partial charge in [-0.1, -0.05) is 37.3 Å². The molecule has 0 unspecified atom stereocenters. The van der Waals surface area contributed by atoms with Crippen LogP contribution < -0.4 is 15.1 Å². The number of likely N-dealkylation sites (N-methyl/N-ethyl adjacent to an activating group) is 1. The van der Waals surface area contributed by atoms with Gasteiger partial charge in [-0.05, 0) is 6.42 Å². The molecule has 0 aliphatic carbocycles. The number of amides is 2. The second-order valence-corrected chi connectivity index (χ2v) is 6.94. The highest BCUT2D eigenvalue weighted by atomic mass is 16.2. The Labute approximate surface area is 150 Å². The Hall–Kier alpha value is -1.92. The fourth-order valence-electron chi connectivity index (χ4n) is 3.17. The number of nitrogens with zero attached hydrogens (tertiary/aromatic N) is 1. The van der Waals surface area contributed by atoms with Gasteiger partial charge in [0.1, 0.15) is 32.7 Å². The lowest BCUT2D eigenvalue weighted by Gasteiger charge is -2.30. The second kappa shape index (κ2) is 10.2. The van der Waals surface area contributed by atoms with Gasteiger partial charge in [0.25, 0.3) is 5.91 Å². The van der Waals surface area contributed by atoms with Crippen molar-refractivity contribution in [3.63, 3.8) is 0 Å². The van der Waals surface area contributed by atoms with Gasteiger partial charge in [-0.25, -0.2) is 0 Å². The van der Waals surface area contributed by atoms with E-state index in [4.69, 9.17) is 0 Å². The molecule has 3 N–H and O–H groups in total. The molecule has 0 saturated carbocycles. The van der Waals surface area contributed by atoms with Crippen molar-refractivity contribution in [3.8, 4) is 0 Å². The highest BCUT2D eigenvalue weighted by Crippen LogP contribution is 1.95. The molecule has 138 valence electrons. The summed E-state index contributed by atoms with van der Waals surface area (Å²) < 4.78 is 0. The minimum absolute atomic E-state index is 0.0492. The van der Waals surface area contributed by atoms with E-state index in [1.54, 1.807) is 16.8 Å². The molecule has 0 radical (unpaired) electrons. The summed E-state index contributed by atoms with van der Waals surface area (Å²) in [6.07, 6.45) is 0.906. The lowest BCUT2D eigenvalue weighted by atomic mass is 10.2. The van der Waals surface area contributed by atoms with Crippen molar-refractivity contribution < 1.29 is 19.4 Å². The SMILES string of the molecule is CCCNC(=O)CN(C)C(=O)C[NH+]1CC[NH+](Cc2ccccc2)CC1. The normalized spacial score (nSPS) is 20.1. The number of nitrogens with one attached hydrogen (secondary N) is 3. The van der Waals surface area contributed by atoms with Crippen molar-refractivity contribution in [3.05, 3.63) is 35.9 Å². The van der Waals surface area contributed by atoms with Crippen LogP contribution >= 0.6 is 0 Å². The van der Waals surface area contributed by atoms with Gasteiger partial charge in [-0.15, -0.1) is 0 Å². The molecule has 1 fully saturated rings. The van der Waals surface area contributed by atoms with Gasteiger partial charge in [0.05, 0.1) is 6.54 Å². The maximum Gasteiger partial charge on any atom is 0.277 e. The summed E-state index contributed by atoms with van der Waals surface area (Å²) >= 11 is 0. The number of piperazine rings is 1. The van der Waals surface area contributed by atoms with Crippen LogP contribution in [0.3, 0.4) is 0 Å². The van der Waals surface area contributed by atoms with E-state index >= 15 is 0 Å². The summed E-state index contributed by atoms with van der Waals surface area (Å²) in [5.41, 5.74) is 1.37. The summed E-state index contributed by atoms with van der Waals surface area (Å²) in [5.74, 6) is -0.0296. The third kappa shape index (κ3) is 6.84. The summed E-state index contributed by atoms with van der Waals surface area (Å²) in [4.78, 5) is 28.5. The average molecular weight is 348 g/mol. The van der Waals surface area contributed by atoms with Crippen LogP contribution in [-0.4, -0.2) is 69.6 Å². The quantitative estimate of drug-likeness (QED) is 0.507. The largest absolute Gasteiger partial charge is 0.355 e. The molecule has 1 aliphatic heterocycles. The summed E-state index contributed by atoms with van der Waals surface area (Å²) in [7, 11) is 1.71. The molecular formula is C19H32N4O2+2. The number of quaternary nitrogens is 2. The van der Waals surface area contributed by atoms with E-state index in [1.807, 2.05) is 13.0 Å². The summed E-state index contributed by atoms with van der Waals surface area (Å²) in [5, 5.41) is 2.81. The smallest absolute Gasteiger partial charge is 0.277 e. The van der Waals surface area contributed by atoms with Gasteiger partial charge in [0, 0.05) is 19.2 Å². The van der Waals surface area contributed by atoms with E-state index in [0.717, 1.165) is 39.1 Å². The maximum atomic E-state index is 12.3. The number of rotatable bonds is 8. The molecule has 0 spiro atoms. The van der Waals surface area contributed by atoms with E-state index in [1.165, 1.54) is 10.5 Å². The lowest BCUT2D eigenvalue weighted by Crippen LogP contribution is -3.28. The number of carbonyl (C=O) groups excluding carboxylic acids is 2. The fourth-order valence-corrected chi connectivity index (χ4v) is 3.17. The third-order valence-corrected chi connectivity index (χ3v) is 4.74. The van der Waals surface area contributed by atoms with Crippen molar-refractivity contribution in [1.29, 1.82) is 0 Å². The van der Waals surface area contributed by atoms with Crippen LogP contribution in [0.1, 0.15) is 18.9 Å². The maximum absolute atomic E-state index is 12.3. The van der Waals surface area contributed by atoms with E-state index in [2.05, 4.69) is 29.6 Å². The predicted octanol–water partition coefficient (Wildman–Crippen LogP) is -2.05. The van der Waals surface area contributed by atoms with Gasteiger partial charge < -0.3 is 20.0 Å².